The van der Waals surface area contributed by atoms with Crippen LogP contribution in [0.2, 0.25) is 0 Å². The lowest BCUT2D eigenvalue weighted by molar-refractivity contribution is -0.142. The predicted octanol–water partition coefficient (Wildman–Crippen LogP) is -2.31. The molecular formula is C17H30N4O8S. The second-order valence-electron chi connectivity index (χ2n) is 6.74. The number of nitrogens with one attached hydrogen (secondary N) is 3. The minimum absolute atomic E-state index is 0.161. The first-order valence-corrected chi connectivity index (χ1v) is 9.94. The zero-order valence-corrected chi connectivity index (χ0v) is 17.7. The van der Waals surface area contributed by atoms with Crippen molar-refractivity contribution >= 4 is 42.3 Å². The SMILES string of the molecule is CCC(C)C(NC(=O)C(CO)NC(=O)C(N)CCC(=O)O)C(=O)NC(CS)C(=O)O. The molecule has 0 aromatic heterocycles. The van der Waals surface area contributed by atoms with Crippen LogP contribution in [0.1, 0.15) is 33.1 Å². The van der Waals surface area contributed by atoms with E-state index in [4.69, 9.17) is 15.9 Å². The number of nitrogens with two attached hydrogens (primary N) is 1. The van der Waals surface area contributed by atoms with Gasteiger partial charge in [0.2, 0.25) is 17.7 Å². The molecule has 0 bridgehead atoms. The molecule has 0 rings (SSSR count). The molecule has 3 amide bonds. The fourth-order valence-electron chi connectivity index (χ4n) is 2.29. The van der Waals surface area contributed by atoms with Crippen LogP contribution >= 0.6 is 12.6 Å². The van der Waals surface area contributed by atoms with E-state index in [1.165, 1.54) is 0 Å². The number of carbonyl (C=O) groups is 5. The molecule has 30 heavy (non-hydrogen) atoms. The molecule has 0 radical (unpaired) electrons. The number of aliphatic hydroxyl groups excluding tert-OH is 1. The molecule has 13 heteroatoms. The van der Waals surface area contributed by atoms with Crippen LogP contribution in [-0.2, 0) is 24.0 Å². The monoisotopic (exact) mass is 450 g/mol. The van der Waals surface area contributed by atoms with Crippen molar-refractivity contribution in [1.29, 1.82) is 0 Å². The van der Waals surface area contributed by atoms with Crippen LogP contribution in [0.25, 0.3) is 0 Å². The molecule has 0 aromatic carbocycles. The third kappa shape index (κ3) is 9.41. The van der Waals surface area contributed by atoms with Gasteiger partial charge in [-0.2, -0.15) is 12.6 Å². The topological polar surface area (TPSA) is 208 Å². The Bertz CT molecular complexity index is 633. The van der Waals surface area contributed by atoms with Gasteiger partial charge >= 0.3 is 11.9 Å². The highest BCUT2D eigenvalue weighted by Crippen LogP contribution is 2.09. The number of hydrogen-bond acceptors (Lipinski definition) is 8. The Morgan fingerprint density at radius 2 is 1.53 bits per heavy atom. The maximum atomic E-state index is 12.5. The van der Waals surface area contributed by atoms with E-state index in [0.717, 1.165) is 0 Å². The number of carbonyl (C=O) groups excluding carboxylic acids is 3. The summed E-state index contributed by atoms with van der Waals surface area (Å²) < 4.78 is 0. The van der Waals surface area contributed by atoms with Crippen molar-refractivity contribution in [2.24, 2.45) is 11.7 Å². The van der Waals surface area contributed by atoms with Gasteiger partial charge in [-0.3, -0.25) is 19.2 Å². The van der Waals surface area contributed by atoms with Gasteiger partial charge in [0.15, 0.2) is 0 Å². The van der Waals surface area contributed by atoms with E-state index in [9.17, 15) is 29.1 Å². The lowest BCUT2D eigenvalue weighted by Gasteiger charge is -2.27. The molecule has 0 aromatic rings. The Hall–Kier alpha value is -2.38. The Balaban J connectivity index is 5.17. The minimum atomic E-state index is -1.44. The highest BCUT2D eigenvalue weighted by atomic mass is 32.1. The van der Waals surface area contributed by atoms with Crippen LogP contribution in [0, 0.1) is 5.92 Å². The van der Waals surface area contributed by atoms with Gasteiger partial charge in [0.05, 0.1) is 12.6 Å². The van der Waals surface area contributed by atoms with Crippen LogP contribution in [0.15, 0.2) is 0 Å². The Labute approximate surface area is 179 Å². The molecule has 5 unspecified atom stereocenters. The van der Waals surface area contributed by atoms with Crippen molar-refractivity contribution in [2.45, 2.75) is 57.3 Å². The molecule has 0 aliphatic heterocycles. The first kappa shape index (κ1) is 27.6. The first-order valence-electron chi connectivity index (χ1n) is 9.31. The first-order chi connectivity index (χ1) is 14.0. The Morgan fingerprint density at radius 1 is 0.967 bits per heavy atom. The molecule has 0 aliphatic carbocycles. The second kappa shape index (κ2) is 13.8. The van der Waals surface area contributed by atoms with Crippen molar-refractivity contribution < 1.29 is 39.3 Å². The third-order valence-electron chi connectivity index (χ3n) is 4.41. The van der Waals surface area contributed by atoms with Crippen molar-refractivity contribution in [3.8, 4) is 0 Å². The van der Waals surface area contributed by atoms with Gasteiger partial charge in [0.25, 0.3) is 0 Å². The molecule has 0 saturated heterocycles. The van der Waals surface area contributed by atoms with Crippen molar-refractivity contribution in [3.63, 3.8) is 0 Å². The predicted molar refractivity (Wildman–Crippen MR) is 109 cm³/mol. The fourth-order valence-corrected chi connectivity index (χ4v) is 2.53. The van der Waals surface area contributed by atoms with Gasteiger partial charge in [0.1, 0.15) is 18.1 Å². The largest absolute Gasteiger partial charge is 0.481 e. The van der Waals surface area contributed by atoms with Gasteiger partial charge in [-0.25, -0.2) is 4.79 Å². The van der Waals surface area contributed by atoms with Crippen LogP contribution in [0.3, 0.4) is 0 Å². The summed E-state index contributed by atoms with van der Waals surface area (Å²) in [6.45, 7) is 2.62. The van der Waals surface area contributed by atoms with Gasteiger partial charge in [0, 0.05) is 12.2 Å². The second-order valence-corrected chi connectivity index (χ2v) is 7.10. The molecule has 12 nitrogen and oxygen atoms in total. The lowest BCUT2D eigenvalue weighted by Crippen LogP contribution is -2.59. The summed E-state index contributed by atoms with van der Waals surface area (Å²) in [7, 11) is 0. The normalized spacial score (nSPS) is 15.8. The molecule has 0 saturated carbocycles. The van der Waals surface area contributed by atoms with E-state index in [0.29, 0.717) is 6.42 Å². The molecular weight excluding hydrogens is 420 g/mol. The fraction of sp³-hybridized carbons (Fsp3) is 0.706. The number of thiol groups is 1. The van der Waals surface area contributed by atoms with E-state index in [1.807, 2.05) is 0 Å². The molecule has 0 fully saturated rings. The molecule has 0 aliphatic rings. The van der Waals surface area contributed by atoms with E-state index >= 15 is 0 Å². The number of rotatable bonds is 14. The maximum Gasteiger partial charge on any atom is 0.327 e. The Morgan fingerprint density at radius 3 is 1.97 bits per heavy atom. The number of carboxylic acid groups (broad SMARTS) is 2. The number of amides is 3. The van der Waals surface area contributed by atoms with Crippen LogP contribution in [-0.4, -0.2) is 81.5 Å². The van der Waals surface area contributed by atoms with E-state index in [-0.39, 0.29) is 18.6 Å². The van der Waals surface area contributed by atoms with E-state index in [1.54, 1.807) is 13.8 Å². The van der Waals surface area contributed by atoms with Gasteiger partial charge in [-0.05, 0) is 12.3 Å². The summed E-state index contributed by atoms with van der Waals surface area (Å²) >= 11 is 3.86. The maximum absolute atomic E-state index is 12.5. The quantitative estimate of drug-likeness (QED) is 0.133. The third-order valence-corrected chi connectivity index (χ3v) is 4.78. The Kier molecular flexibility index (Phi) is 12.7. The van der Waals surface area contributed by atoms with Gasteiger partial charge in [-0.15, -0.1) is 0 Å². The number of aliphatic hydroxyl groups is 1. The number of hydrogen-bond donors (Lipinski definition) is 8. The number of carboxylic acids is 2. The zero-order valence-electron chi connectivity index (χ0n) is 16.8. The number of aliphatic carboxylic acids is 2. The smallest absolute Gasteiger partial charge is 0.327 e. The minimum Gasteiger partial charge on any atom is -0.481 e. The van der Waals surface area contributed by atoms with Gasteiger partial charge < -0.3 is 37.0 Å². The van der Waals surface area contributed by atoms with Crippen LogP contribution in [0.4, 0.5) is 0 Å². The highest BCUT2D eigenvalue weighted by Gasteiger charge is 2.32. The summed E-state index contributed by atoms with van der Waals surface area (Å²) in [5, 5.41) is 34.0. The summed E-state index contributed by atoms with van der Waals surface area (Å²) in [5.74, 6) is -5.45. The van der Waals surface area contributed by atoms with E-state index < -0.39 is 66.4 Å². The average Bonchev–Trinajstić information content (AvgIpc) is 2.70. The highest BCUT2D eigenvalue weighted by molar-refractivity contribution is 7.80. The van der Waals surface area contributed by atoms with Crippen molar-refractivity contribution in [1.82, 2.24) is 16.0 Å². The standard InChI is InChI=1S/C17H30N4O8S/c1-3-8(2)13(16(27)20-11(7-30)17(28)29)21-15(26)10(6-22)19-14(25)9(18)4-5-12(23)24/h8-11,13,22,30H,3-7,18H2,1-2H3,(H,19,25)(H,20,27)(H,21,26)(H,23,24)(H,28,29). The summed E-state index contributed by atoms with van der Waals surface area (Å²) in [4.78, 5) is 58.7. The van der Waals surface area contributed by atoms with Crippen molar-refractivity contribution in [2.75, 3.05) is 12.4 Å². The molecule has 0 spiro atoms. The molecule has 172 valence electrons. The van der Waals surface area contributed by atoms with E-state index in [2.05, 4.69) is 28.6 Å². The average molecular weight is 451 g/mol. The van der Waals surface area contributed by atoms with Crippen LogP contribution < -0.4 is 21.7 Å². The lowest BCUT2D eigenvalue weighted by atomic mass is 9.97. The summed E-state index contributed by atoms with van der Waals surface area (Å²) in [6, 6.07) is -5.03. The molecule has 0 heterocycles. The summed E-state index contributed by atoms with van der Waals surface area (Å²) in [6.07, 6.45) is -0.0525. The molecule has 5 atom stereocenters. The van der Waals surface area contributed by atoms with Crippen molar-refractivity contribution in [3.05, 3.63) is 0 Å². The zero-order chi connectivity index (χ0) is 23.4. The summed E-state index contributed by atoms with van der Waals surface area (Å²) in [5.41, 5.74) is 5.57. The molecule has 8 N–H and O–H groups in total. The van der Waals surface area contributed by atoms with Gasteiger partial charge in [-0.1, -0.05) is 20.3 Å². The van der Waals surface area contributed by atoms with Crippen LogP contribution in [0.5, 0.6) is 0 Å².